The average molecular weight is 276 g/mol. The molecule has 0 aliphatic carbocycles. The Bertz CT molecular complexity index is 343. The first-order valence-corrected chi connectivity index (χ1v) is 6.19. The summed E-state index contributed by atoms with van der Waals surface area (Å²) in [7, 11) is 4.72. The first-order chi connectivity index (χ1) is 8.24. The smallest absolute Gasteiger partial charge is 0.246 e. The second kappa shape index (κ2) is 6.64. The monoisotopic (exact) mass is 276 g/mol. The molecule has 0 aliphatic heterocycles. The highest BCUT2D eigenvalue weighted by Gasteiger charge is 2.47. The van der Waals surface area contributed by atoms with E-state index >= 15 is 0 Å². The van der Waals surface area contributed by atoms with Crippen LogP contribution in [0, 0.1) is 0 Å². The van der Waals surface area contributed by atoms with Crippen LogP contribution in [0.1, 0.15) is 6.92 Å². The van der Waals surface area contributed by atoms with Crippen molar-refractivity contribution in [3.8, 4) is 0 Å². The van der Waals surface area contributed by atoms with Gasteiger partial charge in [-0.1, -0.05) is 0 Å². The van der Waals surface area contributed by atoms with E-state index in [0.29, 0.717) is 10.2 Å². The molecular formula is C10H20N2O5Si. The van der Waals surface area contributed by atoms with Crippen LogP contribution in [0.2, 0.25) is 0 Å². The normalized spacial score (nSPS) is 15.6. The maximum Gasteiger partial charge on any atom is 0.246 e. The van der Waals surface area contributed by atoms with Crippen LogP contribution in [0.15, 0.2) is 12.2 Å². The van der Waals surface area contributed by atoms with Crippen molar-refractivity contribution in [3.63, 3.8) is 0 Å². The first kappa shape index (κ1) is 16.8. The minimum absolute atomic E-state index is 0.393. The van der Waals surface area contributed by atoms with E-state index in [1.54, 1.807) is 6.92 Å². The molecule has 0 saturated heterocycles. The highest BCUT2D eigenvalue weighted by molar-refractivity contribution is 6.17. The molecular weight excluding hydrogens is 256 g/mol. The molecule has 0 heterocycles. The SMILES string of the molecule is COC([SiH3])(NC(=O)/C=C\C(N)=O)C(C)(OC)OC. The number of nitrogens with two attached hydrogens (primary N) is 1. The van der Waals surface area contributed by atoms with Gasteiger partial charge in [0.1, 0.15) is 0 Å². The number of methoxy groups -OCH3 is 3. The van der Waals surface area contributed by atoms with Crippen molar-refractivity contribution in [2.45, 2.75) is 18.1 Å². The quantitative estimate of drug-likeness (QED) is 0.313. The van der Waals surface area contributed by atoms with Gasteiger partial charge in [0.25, 0.3) is 0 Å². The standard InChI is InChI=1S/C10H20N2O5Si/c1-9(15-2,16-3)10(18,17-4)12-8(14)6-5-7(11)13/h5-6H,1-4,18H3,(H2,11,13)(H,12,14)/b6-5-. The van der Waals surface area contributed by atoms with E-state index in [1.807, 2.05) is 0 Å². The third-order valence-electron chi connectivity index (χ3n) is 2.81. The molecule has 0 fully saturated rings. The summed E-state index contributed by atoms with van der Waals surface area (Å²) < 4.78 is 15.7. The van der Waals surface area contributed by atoms with Crippen molar-refractivity contribution in [1.82, 2.24) is 5.32 Å². The van der Waals surface area contributed by atoms with E-state index in [1.165, 1.54) is 21.3 Å². The Kier molecular flexibility index (Phi) is 6.19. The van der Waals surface area contributed by atoms with Crippen molar-refractivity contribution in [2.24, 2.45) is 5.73 Å². The lowest BCUT2D eigenvalue weighted by Gasteiger charge is -2.43. The summed E-state index contributed by atoms with van der Waals surface area (Å²) in [5.41, 5.74) is 4.90. The van der Waals surface area contributed by atoms with Gasteiger partial charge in [-0.15, -0.1) is 0 Å². The second-order valence-corrected chi connectivity index (χ2v) is 5.22. The van der Waals surface area contributed by atoms with E-state index in [0.717, 1.165) is 12.2 Å². The Hall–Kier alpha value is -1.22. The molecule has 0 aromatic heterocycles. The van der Waals surface area contributed by atoms with Crippen molar-refractivity contribution in [1.29, 1.82) is 0 Å². The van der Waals surface area contributed by atoms with Gasteiger partial charge in [-0.25, -0.2) is 0 Å². The fraction of sp³-hybridized carbons (Fsp3) is 0.600. The Morgan fingerprint density at radius 2 is 1.67 bits per heavy atom. The molecule has 18 heavy (non-hydrogen) atoms. The minimum Gasteiger partial charge on any atom is -0.366 e. The zero-order valence-corrected chi connectivity index (χ0v) is 13.3. The summed E-state index contributed by atoms with van der Waals surface area (Å²) in [6, 6.07) is 0. The molecule has 0 aromatic rings. The third kappa shape index (κ3) is 3.91. The van der Waals surface area contributed by atoms with Gasteiger partial charge in [0, 0.05) is 33.5 Å². The lowest BCUT2D eigenvalue weighted by Crippen LogP contribution is -2.66. The van der Waals surface area contributed by atoms with Gasteiger partial charge in [0.15, 0.2) is 5.35 Å². The predicted octanol–water partition coefficient (Wildman–Crippen LogP) is -2.18. The third-order valence-corrected chi connectivity index (χ3v) is 4.38. The molecule has 1 unspecified atom stereocenters. The summed E-state index contributed by atoms with van der Waals surface area (Å²) >= 11 is 0. The van der Waals surface area contributed by atoms with Gasteiger partial charge < -0.3 is 25.3 Å². The zero-order chi connectivity index (χ0) is 14.4. The largest absolute Gasteiger partial charge is 0.366 e. The lowest BCUT2D eigenvalue weighted by molar-refractivity contribution is -0.276. The fourth-order valence-electron chi connectivity index (χ4n) is 1.26. The average Bonchev–Trinajstić information content (AvgIpc) is 2.34. The second-order valence-electron chi connectivity index (χ2n) is 3.82. The van der Waals surface area contributed by atoms with Gasteiger partial charge >= 0.3 is 0 Å². The fourth-order valence-corrected chi connectivity index (χ4v) is 1.91. The minimum atomic E-state index is -1.13. The van der Waals surface area contributed by atoms with Crippen LogP contribution in [0.4, 0.5) is 0 Å². The Morgan fingerprint density at radius 1 is 1.17 bits per heavy atom. The molecule has 7 nitrogen and oxygen atoms in total. The highest BCUT2D eigenvalue weighted by Crippen LogP contribution is 2.24. The molecule has 2 amide bonds. The first-order valence-electron chi connectivity index (χ1n) is 5.19. The van der Waals surface area contributed by atoms with Gasteiger partial charge in [0.2, 0.25) is 17.6 Å². The topological polar surface area (TPSA) is 99.9 Å². The molecule has 0 saturated carbocycles. The van der Waals surface area contributed by atoms with E-state index in [4.69, 9.17) is 19.9 Å². The van der Waals surface area contributed by atoms with E-state index in [9.17, 15) is 9.59 Å². The number of rotatable bonds is 7. The van der Waals surface area contributed by atoms with Crippen molar-refractivity contribution in [2.75, 3.05) is 21.3 Å². The van der Waals surface area contributed by atoms with Gasteiger partial charge in [-0.05, 0) is 6.92 Å². The summed E-state index contributed by atoms with van der Waals surface area (Å²) in [5, 5.41) is 1.50. The molecule has 0 radical (unpaired) electrons. The molecule has 0 bridgehead atoms. The van der Waals surface area contributed by atoms with E-state index < -0.39 is 22.9 Å². The molecule has 3 N–H and O–H groups in total. The Balaban J connectivity index is 4.97. The number of nitrogens with one attached hydrogen (secondary N) is 1. The van der Waals surface area contributed by atoms with Crippen LogP contribution in [0.5, 0.6) is 0 Å². The van der Waals surface area contributed by atoms with E-state index in [2.05, 4.69) is 5.32 Å². The summed E-state index contributed by atoms with van der Waals surface area (Å²) in [5.74, 6) is -2.36. The number of carbonyl (C=O) groups excluding carboxylic acids is 2. The molecule has 0 rings (SSSR count). The van der Waals surface area contributed by atoms with Crippen LogP contribution in [0.3, 0.4) is 0 Å². The van der Waals surface area contributed by atoms with Crippen LogP contribution < -0.4 is 11.1 Å². The van der Waals surface area contributed by atoms with Crippen molar-refractivity contribution < 1.29 is 23.8 Å². The number of hydrogen-bond acceptors (Lipinski definition) is 5. The molecule has 1 atom stereocenters. The molecule has 0 aromatic carbocycles. The Morgan fingerprint density at radius 3 is 2.00 bits per heavy atom. The van der Waals surface area contributed by atoms with Crippen molar-refractivity contribution in [3.05, 3.63) is 12.2 Å². The number of amides is 2. The van der Waals surface area contributed by atoms with E-state index in [-0.39, 0.29) is 0 Å². The molecule has 0 aliphatic rings. The number of ether oxygens (including phenoxy) is 3. The number of carbonyl (C=O) groups is 2. The zero-order valence-electron chi connectivity index (χ0n) is 11.3. The lowest BCUT2D eigenvalue weighted by atomic mass is 10.2. The van der Waals surface area contributed by atoms with Crippen LogP contribution in [-0.2, 0) is 23.8 Å². The van der Waals surface area contributed by atoms with Crippen LogP contribution in [-0.4, -0.2) is 54.5 Å². The van der Waals surface area contributed by atoms with Crippen LogP contribution in [0.25, 0.3) is 0 Å². The van der Waals surface area contributed by atoms with Crippen molar-refractivity contribution >= 4 is 22.1 Å². The summed E-state index contributed by atoms with van der Waals surface area (Å²) in [6.45, 7) is 1.64. The number of hydrogen-bond donors (Lipinski definition) is 2. The van der Waals surface area contributed by atoms with Gasteiger partial charge in [-0.2, -0.15) is 0 Å². The molecule has 8 heteroatoms. The summed E-state index contributed by atoms with van der Waals surface area (Å²) in [4.78, 5) is 22.2. The highest BCUT2D eigenvalue weighted by atomic mass is 28.1. The Labute approximate surface area is 109 Å². The molecule has 104 valence electrons. The van der Waals surface area contributed by atoms with Gasteiger partial charge in [0.05, 0.1) is 10.2 Å². The van der Waals surface area contributed by atoms with Crippen LogP contribution >= 0.6 is 0 Å². The summed E-state index contributed by atoms with van der Waals surface area (Å²) in [6.07, 6.45) is 1.99. The van der Waals surface area contributed by atoms with Gasteiger partial charge in [-0.3, -0.25) is 9.59 Å². The predicted molar refractivity (Wildman–Crippen MR) is 68.6 cm³/mol. The maximum atomic E-state index is 11.6. The molecule has 0 spiro atoms. The maximum absolute atomic E-state index is 11.6. The number of primary amides is 1.